The Balaban J connectivity index is 1.57. The number of pyridine rings is 1. The summed E-state index contributed by atoms with van der Waals surface area (Å²) < 4.78 is 32.7. The van der Waals surface area contributed by atoms with E-state index in [4.69, 9.17) is 4.74 Å². The molecule has 1 saturated heterocycles. The zero-order valence-electron chi connectivity index (χ0n) is 15.8. The molecule has 0 saturated carbocycles. The number of anilines is 1. The van der Waals surface area contributed by atoms with Gasteiger partial charge in [0.1, 0.15) is 23.1 Å². The number of para-hydroxylation sites is 1. The first-order chi connectivity index (χ1) is 13.0. The molecule has 27 heavy (non-hydrogen) atoms. The molecule has 8 heteroatoms. The third-order valence-corrected chi connectivity index (χ3v) is 6.53. The van der Waals surface area contributed by atoms with Crippen molar-refractivity contribution in [2.75, 3.05) is 58.3 Å². The molecule has 0 spiro atoms. The van der Waals surface area contributed by atoms with Gasteiger partial charge in [0.25, 0.3) is 0 Å². The van der Waals surface area contributed by atoms with Gasteiger partial charge < -0.3 is 14.5 Å². The lowest BCUT2D eigenvalue weighted by molar-refractivity contribution is 0.222. The number of aromatic nitrogens is 1. The average molecular weight is 391 g/mol. The number of ether oxygens (including phenoxy) is 1. The van der Waals surface area contributed by atoms with E-state index in [9.17, 15) is 8.42 Å². The van der Waals surface area contributed by atoms with E-state index in [-0.39, 0.29) is 4.90 Å². The van der Waals surface area contributed by atoms with Gasteiger partial charge in [0.15, 0.2) is 0 Å². The third-order valence-electron chi connectivity index (χ3n) is 4.65. The summed E-state index contributed by atoms with van der Waals surface area (Å²) in [7, 11) is 0.426. The molecule has 1 fully saturated rings. The normalized spacial score (nSPS) is 16.2. The Bertz CT molecular complexity index is 820. The van der Waals surface area contributed by atoms with Crippen molar-refractivity contribution in [3.8, 4) is 5.75 Å². The maximum absolute atomic E-state index is 12.7. The molecule has 1 aromatic heterocycles. The maximum atomic E-state index is 12.7. The molecule has 0 radical (unpaired) electrons. The molecule has 0 bridgehead atoms. The molecule has 146 valence electrons. The van der Waals surface area contributed by atoms with Crippen LogP contribution in [0.3, 0.4) is 0 Å². The second-order valence-electron chi connectivity index (χ2n) is 6.64. The third kappa shape index (κ3) is 4.97. The van der Waals surface area contributed by atoms with Gasteiger partial charge in [0.2, 0.25) is 10.0 Å². The molecule has 1 aliphatic heterocycles. The second-order valence-corrected chi connectivity index (χ2v) is 8.58. The quantitative estimate of drug-likeness (QED) is 0.714. The zero-order chi connectivity index (χ0) is 19.3. The average Bonchev–Trinajstić information content (AvgIpc) is 2.69. The minimum atomic E-state index is -3.48. The molecule has 0 unspecified atom stereocenters. The molecule has 1 aliphatic rings. The van der Waals surface area contributed by atoms with Crippen LogP contribution >= 0.6 is 0 Å². The number of likely N-dealkylation sites (N-methyl/N-ethyl adjacent to an activating group) is 2. The van der Waals surface area contributed by atoms with Gasteiger partial charge in [-0.05, 0) is 31.3 Å². The highest BCUT2D eigenvalue weighted by molar-refractivity contribution is 7.89. The Labute approximate surface area is 161 Å². The van der Waals surface area contributed by atoms with Crippen LogP contribution in [0.25, 0.3) is 0 Å². The van der Waals surface area contributed by atoms with Crippen LogP contribution in [0.5, 0.6) is 5.75 Å². The van der Waals surface area contributed by atoms with E-state index in [0.717, 1.165) is 18.8 Å². The van der Waals surface area contributed by atoms with Crippen molar-refractivity contribution in [3.05, 3.63) is 48.7 Å². The van der Waals surface area contributed by atoms with Crippen LogP contribution in [0.1, 0.15) is 0 Å². The van der Waals surface area contributed by atoms with Gasteiger partial charge in [-0.25, -0.2) is 13.4 Å². The highest BCUT2D eigenvalue weighted by Crippen LogP contribution is 2.19. The highest BCUT2D eigenvalue weighted by atomic mass is 32.2. The monoisotopic (exact) mass is 390 g/mol. The predicted molar refractivity (Wildman–Crippen MR) is 106 cm³/mol. The van der Waals surface area contributed by atoms with Crippen LogP contribution < -0.4 is 9.64 Å². The van der Waals surface area contributed by atoms with E-state index in [1.807, 2.05) is 49.3 Å². The van der Waals surface area contributed by atoms with Gasteiger partial charge in [-0.15, -0.1) is 0 Å². The van der Waals surface area contributed by atoms with Gasteiger partial charge in [-0.1, -0.05) is 18.2 Å². The van der Waals surface area contributed by atoms with Crippen molar-refractivity contribution in [1.29, 1.82) is 0 Å². The van der Waals surface area contributed by atoms with Gasteiger partial charge in [0, 0.05) is 39.4 Å². The summed E-state index contributed by atoms with van der Waals surface area (Å²) in [6.07, 6.45) is 1.44. The highest BCUT2D eigenvalue weighted by Gasteiger charge is 2.27. The topological polar surface area (TPSA) is 66.0 Å². The van der Waals surface area contributed by atoms with E-state index in [0.29, 0.717) is 32.1 Å². The zero-order valence-corrected chi connectivity index (χ0v) is 16.6. The Morgan fingerprint density at radius 1 is 1.07 bits per heavy atom. The smallest absolute Gasteiger partial charge is 0.244 e. The van der Waals surface area contributed by atoms with Crippen LogP contribution in [0.15, 0.2) is 53.6 Å². The van der Waals surface area contributed by atoms with Gasteiger partial charge >= 0.3 is 0 Å². The predicted octanol–water partition coefficient (Wildman–Crippen LogP) is 1.53. The Kier molecular flexibility index (Phi) is 6.30. The fourth-order valence-corrected chi connectivity index (χ4v) is 4.23. The van der Waals surface area contributed by atoms with Crippen LogP contribution in [-0.2, 0) is 10.0 Å². The first-order valence-corrected chi connectivity index (χ1v) is 10.4. The molecule has 0 aliphatic carbocycles. The summed E-state index contributed by atoms with van der Waals surface area (Å²) in [4.78, 5) is 8.64. The molecule has 0 amide bonds. The van der Waals surface area contributed by atoms with Crippen molar-refractivity contribution >= 4 is 15.8 Å². The van der Waals surface area contributed by atoms with Crippen molar-refractivity contribution in [2.24, 2.45) is 0 Å². The molecule has 0 atom stereocenters. The van der Waals surface area contributed by atoms with Gasteiger partial charge in [0.05, 0.1) is 6.54 Å². The number of rotatable bonds is 7. The minimum Gasteiger partial charge on any atom is -0.492 e. The summed E-state index contributed by atoms with van der Waals surface area (Å²) in [5.74, 6) is 1.54. The van der Waals surface area contributed by atoms with Crippen molar-refractivity contribution < 1.29 is 13.2 Å². The molecule has 0 N–H and O–H groups in total. The fraction of sp³-hybridized carbons (Fsp3) is 0.421. The van der Waals surface area contributed by atoms with Crippen molar-refractivity contribution in [3.63, 3.8) is 0 Å². The van der Waals surface area contributed by atoms with E-state index in [2.05, 4.69) is 9.88 Å². The number of hydrogen-bond acceptors (Lipinski definition) is 6. The maximum Gasteiger partial charge on any atom is 0.244 e. The van der Waals surface area contributed by atoms with E-state index in [1.54, 1.807) is 12.1 Å². The lowest BCUT2D eigenvalue weighted by atomic mass is 10.3. The van der Waals surface area contributed by atoms with Crippen LogP contribution in [0, 0.1) is 0 Å². The number of nitrogens with zero attached hydrogens (tertiary/aromatic N) is 4. The molecule has 7 nitrogen and oxygen atoms in total. The summed E-state index contributed by atoms with van der Waals surface area (Å²) in [5, 5.41) is 0. The van der Waals surface area contributed by atoms with Crippen LogP contribution in [0.2, 0.25) is 0 Å². The van der Waals surface area contributed by atoms with E-state index < -0.39 is 10.0 Å². The fourth-order valence-electron chi connectivity index (χ4n) is 2.86. The first kappa shape index (κ1) is 19.6. The Hall–Kier alpha value is -2.16. The van der Waals surface area contributed by atoms with Crippen molar-refractivity contribution in [2.45, 2.75) is 4.90 Å². The van der Waals surface area contributed by atoms with Crippen LogP contribution in [0.4, 0.5) is 5.82 Å². The summed E-state index contributed by atoms with van der Waals surface area (Å²) >= 11 is 0. The second kappa shape index (κ2) is 8.69. The first-order valence-electron chi connectivity index (χ1n) is 9.00. The van der Waals surface area contributed by atoms with Crippen LogP contribution in [-0.4, -0.2) is 76.0 Å². The van der Waals surface area contributed by atoms with E-state index >= 15 is 0 Å². The molecular formula is C19H26N4O3S. The standard InChI is InChI=1S/C19H26N4O3S/c1-21-10-12-23(13-11-21)27(24,25)18-8-9-19(20-16-18)22(2)14-15-26-17-6-4-3-5-7-17/h3-9,16H,10-15H2,1-2H3. The lowest BCUT2D eigenvalue weighted by Crippen LogP contribution is -2.47. The lowest BCUT2D eigenvalue weighted by Gasteiger charge is -2.31. The minimum absolute atomic E-state index is 0.240. The molecule has 1 aromatic carbocycles. The number of sulfonamides is 1. The molecular weight excluding hydrogens is 364 g/mol. The Morgan fingerprint density at radius 2 is 1.78 bits per heavy atom. The summed E-state index contributed by atoms with van der Waals surface area (Å²) in [6.45, 7) is 3.68. The summed E-state index contributed by atoms with van der Waals surface area (Å²) in [6, 6.07) is 13.0. The summed E-state index contributed by atoms with van der Waals surface area (Å²) in [5.41, 5.74) is 0. The van der Waals surface area contributed by atoms with E-state index in [1.165, 1.54) is 10.5 Å². The number of benzene rings is 1. The Morgan fingerprint density at radius 3 is 2.41 bits per heavy atom. The molecule has 2 heterocycles. The SMILES string of the molecule is CN1CCN(S(=O)(=O)c2ccc(N(C)CCOc3ccccc3)nc2)CC1. The number of hydrogen-bond donors (Lipinski definition) is 0. The largest absolute Gasteiger partial charge is 0.492 e. The van der Waals surface area contributed by atoms with Gasteiger partial charge in [-0.2, -0.15) is 4.31 Å². The van der Waals surface area contributed by atoms with Crippen molar-refractivity contribution in [1.82, 2.24) is 14.2 Å². The molecule has 3 rings (SSSR count). The molecule has 2 aromatic rings. The van der Waals surface area contributed by atoms with Gasteiger partial charge in [-0.3, -0.25) is 0 Å². The number of piperazine rings is 1.